The summed E-state index contributed by atoms with van der Waals surface area (Å²) in [5.74, 6) is 0.238. The highest BCUT2D eigenvalue weighted by Gasteiger charge is 2.21. The van der Waals surface area contributed by atoms with E-state index in [2.05, 4.69) is 5.32 Å². The second-order valence-electron chi connectivity index (χ2n) is 4.82. The zero-order valence-corrected chi connectivity index (χ0v) is 10.3. The third kappa shape index (κ3) is 6.33. The Kier molecular flexibility index (Phi) is 5.65. The third-order valence-corrected chi connectivity index (χ3v) is 2.23. The van der Waals surface area contributed by atoms with E-state index in [1.807, 2.05) is 34.6 Å². The Morgan fingerprint density at radius 1 is 1.47 bits per heavy atom. The van der Waals surface area contributed by atoms with E-state index < -0.39 is 11.7 Å². The molecule has 0 radical (unpaired) electrons. The van der Waals surface area contributed by atoms with E-state index in [1.54, 1.807) is 0 Å². The van der Waals surface area contributed by atoms with Gasteiger partial charge in [0.2, 0.25) is 0 Å². The van der Waals surface area contributed by atoms with Gasteiger partial charge in [-0.3, -0.25) is 0 Å². The summed E-state index contributed by atoms with van der Waals surface area (Å²) < 4.78 is 5.10. The van der Waals surface area contributed by atoms with Gasteiger partial charge in [-0.15, -0.1) is 0 Å². The average Bonchev–Trinajstić information content (AvgIpc) is 2.10. The topological polar surface area (TPSA) is 58.6 Å². The van der Waals surface area contributed by atoms with Crippen LogP contribution in [0.5, 0.6) is 0 Å². The first-order chi connectivity index (χ1) is 6.80. The molecule has 0 saturated heterocycles. The van der Waals surface area contributed by atoms with Crippen LogP contribution in [0.4, 0.5) is 4.79 Å². The molecule has 4 nitrogen and oxygen atoms in total. The van der Waals surface area contributed by atoms with Crippen LogP contribution in [0.1, 0.15) is 41.0 Å². The number of alkyl carbamates (subject to hydrolysis) is 1. The quantitative estimate of drug-likeness (QED) is 0.756. The number of ether oxygens (including phenoxy) is 1. The van der Waals surface area contributed by atoms with Crippen molar-refractivity contribution in [2.24, 2.45) is 5.92 Å². The lowest BCUT2D eigenvalue weighted by Gasteiger charge is -2.25. The van der Waals surface area contributed by atoms with Gasteiger partial charge in [-0.25, -0.2) is 4.79 Å². The monoisotopic (exact) mass is 217 g/mol. The fraction of sp³-hybridized carbons (Fsp3) is 0.909. The van der Waals surface area contributed by atoms with Crippen LogP contribution >= 0.6 is 0 Å². The molecule has 0 heterocycles. The van der Waals surface area contributed by atoms with Gasteiger partial charge in [0.25, 0.3) is 0 Å². The van der Waals surface area contributed by atoms with Crippen molar-refractivity contribution in [1.82, 2.24) is 5.32 Å². The van der Waals surface area contributed by atoms with Gasteiger partial charge in [0.05, 0.1) is 12.6 Å². The predicted molar refractivity (Wildman–Crippen MR) is 59.7 cm³/mol. The average molecular weight is 217 g/mol. The number of carbonyl (C=O) groups is 1. The summed E-state index contributed by atoms with van der Waals surface area (Å²) in [6, 6.07) is -0.232. The molecule has 0 aliphatic heterocycles. The van der Waals surface area contributed by atoms with Crippen molar-refractivity contribution in [3.05, 3.63) is 0 Å². The van der Waals surface area contributed by atoms with Crippen LogP contribution in [0, 0.1) is 5.92 Å². The number of aliphatic hydroxyl groups is 1. The number of hydrogen-bond acceptors (Lipinski definition) is 3. The predicted octanol–water partition coefficient (Wildman–Crippen LogP) is 1.92. The molecular weight excluding hydrogens is 194 g/mol. The molecular formula is C11H23NO3. The molecule has 0 aliphatic rings. The van der Waals surface area contributed by atoms with Gasteiger partial charge in [-0.1, -0.05) is 20.3 Å². The van der Waals surface area contributed by atoms with Crippen molar-refractivity contribution < 1.29 is 14.6 Å². The zero-order valence-electron chi connectivity index (χ0n) is 10.3. The fourth-order valence-electron chi connectivity index (χ4n) is 1.11. The summed E-state index contributed by atoms with van der Waals surface area (Å²) >= 11 is 0. The molecule has 0 aromatic rings. The molecule has 0 aromatic heterocycles. The summed E-state index contributed by atoms with van der Waals surface area (Å²) in [6.07, 6.45) is 0.433. The highest BCUT2D eigenvalue weighted by molar-refractivity contribution is 5.68. The molecule has 2 atom stereocenters. The molecule has 0 spiro atoms. The van der Waals surface area contributed by atoms with Crippen molar-refractivity contribution in [3.8, 4) is 0 Å². The number of amides is 1. The van der Waals surface area contributed by atoms with Crippen LogP contribution in [-0.2, 0) is 4.74 Å². The van der Waals surface area contributed by atoms with Gasteiger partial charge in [0.15, 0.2) is 0 Å². The molecule has 0 saturated carbocycles. The second-order valence-corrected chi connectivity index (χ2v) is 4.82. The fourth-order valence-corrected chi connectivity index (χ4v) is 1.11. The van der Waals surface area contributed by atoms with Gasteiger partial charge in [0.1, 0.15) is 5.60 Å². The minimum Gasteiger partial charge on any atom is -0.444 e. The minimum absolute atomic E-state index is 0.0613. The van der Waals surface area contributed by atoms with Crippen LogP contribution in [0.15, 0.2) is 0 Å². The molecule has 0 unspecified atom stereocenters. The lowest BCUT2D eigenvalue weighted by atomic mass is 10.0. The highest BCUT2D eigenvalue weighted by atomic mass is 16.6. The van der Waals surface area contributed by atoms with Crippen molar-refractivity contribution in [2.45, 2.75) is 52.7 Å². The van der Waals surface area contributed by atoms with E-state index in [0.717, 1.165) is 6.42 Å². The number of carbonyl (C=O) groups excluding carboxylic acids is 1. The third-order valence-electron chi connectivity index (χ3n) is 2.23. The van der Waals surface area contributed by atoms with Crippen LogP contribution in [-0.4, -0.2) is 29.4 Å². The van der Waals surface area contributed by atoms with E-state index in [4.69, 9.17) is 9.84 Å². The van der Waals surface area contributed by atoms with Crippen molar-refractivity contribution in [1.29, 1.82) is 0 Å². The number of aliphatic hydroxyl groups excluding tert-OH is 1. The molecule has 0 rings (SSSR count). The zero-order chi connectivity index (χ0) is 12.1. The van der Waals surface area contributed by atoms with Crippen molar-refractivity contribution in [3.63, 3.8) is 0 Å². The summed E-state index contributed by atoms with van der Waals surface area (Å²) in [4.78, 5) is 11.4. The van der Waals surface area contributed by atoms with Crippen LogP contribution in [0.2, 0.25) is 0 Å². The van der Waals surface area contributed by atoms with E-state index >= 15 is 0 Å². The Labute approximate surface area is 92.0 Å². The van der Waals surface area contributed by atoms with E-state index in [9.17, 15) is 4.79 Å². The molecule has 15 heavy (non-hydrogen) atoms. The first-order valence-electron chi connectivity index (χ1n) is 5.40. The standard InChI is InChI=1S/C11H23NO3/c1-6-8(2)9(7-13)12-10(14)15-11(3,4)5/h8-9,13H,6-7H2,1-5H3,(H,12,14)/t8-,9-/m0/s1. The van der Waals surface area contributed by atoms with Crippen LogP contribution in [0.25, 0.3) is 0 Å². The molecule has 0 bridgehead atoms. The van der Waals surface area contributed by atoms with Crippen molar-refractivity contribution in [2.75, 3.05) is 6.61 Å². The van der Waals surface area contributed by atoms with Gasteiger partial charge in [-0.05, 0) is 26.7 Å². The number of rotatable bonds is 4. The number of hydrogen-bond donors (Lipinski definition) is 2. The Morgan fingerprint density at radius 2 is 2.00 bits per heavy atom. The first-order valence-corrected chi connectivity index (χ1v) is 5.40. The summed E-state index contributed by atoms with van der Waals surface area (Å²) in [5.41, 5.74) is -0.500. The normalized spacial score (nSPS) is 15.6. The van der Waals surface area contributed by atoms with Crippen LogP contribution in [0.3, 0.4) is 0 Å². The molecule has 4 heteroatoms. The SMILES string of the molecule is CC[C@H](C)[C@H](CO)NC(=O)OC(C)(C)C. The van der Waals surface area contributed by atoms with Gasteiger partial charge in [-0.2, -0.15) is 0 Å². The molecule has 90 valence electrons. The van der Waals surface area contributed by atoms with E-state index in [1.165, 1.54) is 0 Å². The Morgan fingerprint density at radius 3 is 2.33 bits per heavy atom. The van der Waals surface area contributed by atoms with E-state index in [-0.39, 0.29) is 18.6 Å². The van der Waals surface area contributed by atoms with Gasteiger partial charge < -0.3 is 15.2 Å². The molecule has 2 N–H and O–H groups in total. The Hall–Kier alpha value is -0.770. The second kappa shape index (κ2) is 5.95. The summed E-state index contributed by atoms with van der Waals surface area (Å²) in [6.45, 7) is 9.37. The Bertz CT molecular complexity index is 198. The molecule has 0 aliphatic carbocycles. The Balaban J connectivity index is 4.13. The maximum atomic E-state index is 11.4. The number of nitrogens with one attached hydrogen (secondary N) is 1. The smallest absolute Gasteiger partial charge is 0.407 e. The van der Waals surface area contributed by atoms with E-state index in [0.29, 0.717) is 0 Å². The maximum Gasteiger partial charge on any atom is 0.407 e. The van der Waals surface area contributed by atoms with Crippen molar-refractivity contribution >= 4 is 6.09 Å². The highest BCUT2D eigenvalue weighted by Crippen LogP contribution is 2.10. The lowest BCUT2D eigenvalue weighted by molar-refractivity contribution is 0.0457. The summed E-state index contributed by atoms with van der Waals surface area (Å²) in [7, 11) is 0. The maximum absolute atomic E-state index is 11.4. The molecule has 0 aromatic carbocycles. The molecule has 1 amide bonds. The van der Waals surface area contributed by atoms with Crippen LogP contribution < -0.4 is 5.32 Å². The largest absolute Gasteiger partial charge is 0.444 e. The summed E-state index contributed by atoms with van der Waals surface area (Å²) in [5, 5.41) is 11.8. The molecule has 0 fully saturated rings. The van der Waals surface area contributed by atoms with Gasteiger partial charge >= 0.3 is 6.09 Å². The van der Waals surface area contributed by atoms with Gasteiger partial charge in [0, 0.05) is 0 Å². The first kappa shape index (κ1) is 14.2. The minimum atomic E-state index is -0.500. The lowest BCUT2D eigenvalue weighted by Crippen LogP contribution is -2.44.